The van der Waals surface area contributed by atoms with Crippen molar-refractivity contribution >= 4 is 11.9 Å². The fourth-order valence-electron chi connectivity index (χ4n) is 1.71. The minimum Gasteiger partial charge on any atom is -0.493 e. The van der Waals surface area contributed by atoms with Crippen molar-refractivity contribution < 1.29 is 19.1 Å². The number of methoxy groups -OCH3 is 1. The number of rotatable bonds is 7. The lowest BCUT2D eigenvalue weighted by molar-refractivity contribution is -0.141. The van der Waals surface area contributed by atoms with Gasteiger partial charge in [0.05, 0.1) is 13.7 Å². The summed E-state index contributed by atoms with van der Waals surface area (Å²) in [7, 11) is 1.31. The minimum absolute atomic E-state index is 0.0527. The molecule has 0 saturated heterocycles. The lowest BCUT2D eigenvalue weighted by atomic mass is 10.2. The first-order valence-corrected chi connectivity index (χ1v) is 7.06. The van der Waals surface area contributed by atoms with Gasteiger partial charge in [-0.3, -0.25) is 9.59 Å². The number of hydrogen-bond acceptors (Lipinski definition) is 4. The van der Waals surface area contributed by atoms with E-state index in [1.54, 1.807) is 18.2 Å². The zero-order valence-corrected chi connectivity index (χ0v) is 13.1. The summed E-state index contributed by atoms with van der Waals surface area (Å²) in [6.07, 6.45) is 0. The standard InChI is InChI=1S/C16H23NO4/c1-5-17(10-15(18)20-4)16(19)13-7-6-8-14(9-13)21-11-12(2)3/h6-9,12H,5,10-11H2,1-4H3. The molecular formula is C16H23NO4. The Balaban J connectivity index is 2.80. The van der Waals surface area contributed by atoms with Crippen molar-refractivity contribution in [2.45, 2.75) is 20.8 Å². The van der Waals surface area contributed by atoms with Crippen LogP contribution in [0.5, 0.6) is 5.75 Å². The molecule has 0 radical (unpaired) electrons. The second-order valence-corrected chi connectivity index (χ2v) is 5.13. The highest BCUT2D eigenvalue weighted by molar-refractivity contribution is 5.96. The van der Waals surface area contributed by atoms with Gasteiger partial charge < -0.3 is 14.4 Å². The predicted molar refractivity (Wildman–Crippen MR) is 80.4 cm³/mol. The van der Waals surface area contributed by atoms with Gasteiger partial charge in [0.25, 0.3) is 5.91 Å². The van der Waals surface area contributed by atoms with E-state index in [1.807, 2.05) is 13.0 Å². The topological polar surface area (TPSA) is 55.8 Å². The molecule has 21 heavy (non-hydrogen) atoms. The Morgan fingerprint density at radius 2 is 2.00 bits per heavy atom. The molecule has 0 saturated carbocycles. The Hall–Kier alpha value is -2.04. The molecule has 1 aromatic rings. The van der Waals surface area contributed by atoms with E-state index in [-0.39, 0.29) is 12.5 Å². The third-order valence-electron chi connectivity index (χ3n) is 2.88. The van der Waals surface area contributed by atoms with Gasteiger partial charge >= 0.3 is 5.97 Å². The molecule has 1 aromatic carbocycles. The molecule has 0 spiro atoms. The first-order chi connectivity index (χ1) is 9.97. The first kappa shape index (κ1) is 17.0. The number of benzene rings is 1. The highest BCUT2D eigenvalue weighted by Crippen LogP contribution is 2.16. The van der Waals surface area contributed by atoms with Gasteiger partial charge in [0.15, 0.2) is 0 Å². The highest BCUT2D eigenvalue weighted by atomic mass is 16.5. The van der Waals surface area contributed by atoms with Crippen molar-refractivity contribution in [1.29, 1.82) is 0 Å². The molecule has 0 aromatic heterocycles. The monoisotopic (exact) mass is 293 g/mol. The van der Waals surface area contributed by atoms with Crippen LogP contribution >= 0.6 is 0 Å². The van der Waals surface area contributed by atoms with Crippen molar-refractivity contribution in [3.05, 3.63) is 29.8 Å². The zero-order valence-electron chi connectivity index (χ0n) is 13.1. The van der Waals surface area contributed by atoms with Crippen LogP contribution in [0.4, 0.5) is 0 Å². The van der Waals surface area contributed by atoms with Gasteiger partial charge in [-0.15, -0.1) is 0 Å². The SMILES string of the molecule is CCN(CC(=O)OC)C(=O)c1cccc(OCC(C)C)c1. The fourth-order valence-corrected chi connectivity index (χ4v) is 1.71. The number of carbonyl (C=O) groups is 2. The van der Waals surface area contributed by atoms with E-state index >= 15 is 0 Å². The summed E-state index contributed by atoms with van der Waals surface area (Å²) in [5, 5.41) is 0. The molecule has 0 heterocycles. The van der Waals surface area contributed by atoms with Gasteiger partial charge in [-0.25, -0.2) is 0 Å². The Morgan fingerprint density at radius 1 is 1.29 bits per heavy atom. The summed E-state index contributed by atoms with van der Waals surface area (Å²) in [4.78, 5) is 25.1. The molecule has 0 fully saturated rings. The van der Waals surface area contributed by atoms with Gasteiger partial charge in [-0.1, -0.05) is 19.9 Å². The van der Waals surface area contributed by atoms with Gasteiger partial charge in [0.2, 0.25) is 0 Å². The Kier molecular flexibility index (Phi) is 6.72. The summed E-state index contributed by atoms with van der Waals surface area (Å²) in [5.74, 6) is 0.426. The van der Waals surface area contributed by atoms with Crippen molar-refractivity contribution in [3.8, 4) is 5.75 Å². The molecule has 0 N–H and O–H groups in total. The fraction of sp³-hybridized carbons (Fsp3) is 0.500. The molecular weight excluding hydrogens is 270 g/mol. The normalized spacial score (nSPS) is 10.3. The summed E-state index contributed by atoms with van der Waals surface area (Å²) in [6, 6.07) is 7.00. The maximum absolute atomic E-state index is 12.4. The number of carbonyl (C=O) groups excluding carboxylic acids is 2. The predicted octanol–water partition coefficient (Wildman–Crippen LogP) is 2.36. The molecule has 0 aliphatic carbocycles. The molecule has 0 unspecified atom stereocenters. The summed E-state index contributed by atoms with van der Waals surface area (Å²) in [5.41, 5.74) is 0.502. The van der Waals surface area contributed by atoms with E-state index in [1.165, 1.54) is 12.0 Å². The molecule has 5 nitrogen and oxygen atoms in total. The van der Waals surface area contributed by atoms with Crippen molar-refractivity contribution in [1.82, 2.24) is 4.90 Å². The Labute approximate surface area is 125 Å². The van der Waals surface area contributed by atoms with Crippen LogP contribution < -0.4 is 4.74 Å². The third kappa shape index (κ3) is 5.45. The first-order valence-electron chi connectivity index (χ1n) is 7.06. The van der Waals surface area contributed by atoms with E-state index in [9.17, 15) is 9.59 Å². The van der Waals surface area contributed by atoms with Crippen molar-refractivity contribution in [3.63, 3.8) is 0 Å². The summed E-state index contributed by atoms with van der Waals surface area (Å²) >= 11 is 0. The molecule has 1 amide bonds. The molecule has 116 valence electrons. The lowest BCUT2D eigenvalue weighted by Gasteiger charge is -2.19. The van der Waals surface area contributed by atoms with E-state index < -0.39 is 5.97 Å². The van der Waals surface area contributed by atoms with Gasteiger partial charge in [-0.05, 0) is 31.0 Å². The molecule has 0 atom stereocenters. The number of likely N-dealkylation sites (N-methyl/N-ethyl adjacent to an activating group) is 1. The maximum Gasteiger partial charge on any atom is 0.325 e. The van der Waals surface area contributed by atoms with Gasteiger partial charge in [-0.2, -0.15) is 0 Å². The number of ether oxygens (including phenoxy) is 2. The number of amides is 1. The van der Waals surface area contributed by atoms with Crippen LogP contribution in [0.15, 0.2) is 24.3 Å². The average molecular weight is 293 g/mol. The van der Waals surface area contributed by atoms with E-state index in [2.05, 4.69) is 18.6 Å². The molecule has 0 bridgehead atoms. The van der Waals surface area contributed by atoms with Crippen LogP contribution in [-0.4, -0.2) is 43.6 Å². The van der Waals surface area contributed by atoms with E-state index in [4.69, 9.17) is 4.74 Å². The molecule has 5 heteroatoms. The molecule has 1 rings (SSSR count). The van der Waals surface area contributed by atoms with Crippen LogP contribution in [0.2, 0.25) is 0 Å². The van der Waals surface area contributed by atoms with Crippen LogP contribution in [0.25, 0.3) is 0 Å². The largest absolute Gasteiger partial charge is 0.493 e. The van der Waals surface area contributed by atoms with Crippen LogP contribution in [-0.2, 0) is 9.53 Å². The van der Waals surface area contributed by atoms with Gasteiger partial charge in [0, 0.05) is 12.1 Å². The maximum atomic E-state index is 12.4. The second kappa shape index (κ2) is 8.29. The minimum atomic E-state index is -0.433. The van der Waals surface area contributed by atoms with Crippen molar-refractivity contribution in [2.24, 2.45) is 5.92 Å². The summed E-state index contributed by atoms with van der Waals surface area (Å²) < 4.78 is 10.2. The van der Waals surface area contributed by atoms with Crippen LogP contribution in [0.3, 0.4) is 0 Å². The third-order valence-corrected chi connectivity index (χ3v) is 2.88. The van der Waals surface area contributed by atoms with Crippen LogP contribution in [0, 0.1) is 5.92 Å². The van der Waals surface area contributed by atoms with E-state index in [0.717, 1.165) is 0 Å². The Bertz CT molecular complexity index is 485. The molecule has 0 aliphatic heterocycles. The van der Waals surface area contributed by atoms with Gasteiger partial charge in [0.1, 0.15) is 12.3 Å². The number of esters is 1. The van der Waals surface area contributed by atoms with Crippen LogP contribution in [0.1, 0.15) is 31.1 Å². The number of hydrogen-bond donors (Lipinski definition) is 0. The Morgan fingerprint density at radius 3 is 2.57 bits per heavy atom. The second-order valence-electron chi connectivity index (χ2n) is 5.13. The summed E-state index contributed by atoms with van der Waals surface area (Å²) in [6.45, 7) is 6.92. The lowest BCUT2D eigenvalue weighted by Crippen LogP contribution is -2.36. The van der Waals surface area contributed by atoms with Crippen molar-refractivity contribution in [2.75, 3.05) is 26.8 Å². The highest BCUT2D eigenvalue weighted by Gasteiger charge is 2.18. The molecule has 0 aliphatic rings. The zero-order chi connectivity index (χ0) is 15.8. The quantitative estimate of drug-likeness (QED) is 0.724. The average Bonchev–Trinajstić information content (AvgIpc) is 2.49. The van der Waals surface area contributed by atoms with E-state index in [0.29, 0.717) is 30.4 Å². The number of nitrogens with zero attached hydrogens (tertiary/aromatic N) is 1. The smallest absolute Gasteiger partial charge is 0.325 e.